The number of rotatable bonds is 5. The summed E-state index contributed by atoms with van der Waals surface area (Å²) in [7, 11) is -3.79. The molecule has 1 aliphatic rings. The Labute approximate surface area is 162 Å². The van der Waals surface area contributed by atoms with Crippen LogP contribution in [0.4, 0.5) is 4.79 Å². The zero-order valence-electron chi connectivity index (χ0n) is 17.2. The molecule has 1 saturated heterocycles. The van der Waals surface area contributed by atoms with Gasteiger partial charge in [0.2, 0.25) is 0 Å². The molecule has 8 nitrogen and oxygen atoms in total. The second kappa shape index (κ2) is 7.43. The van der Waals surface area contributed by atoms with Crippen molar-refractivity contribution in [3.63, 3.8) is 0 Å². The minimum atomic E-state index is -3.79. The fourth-order valence-electron chi connectivity index (χ4n) is 3.66. The van der Waals surface area contributed by atoms with Crippen molar-refractivity contribution in [1.82, 2.24) is 14.7 Å². The molecule has 2 heterocycles. The molecule has 1 unspecified atom stereocenters. The number of amides is 1. The molecule has 0 aromatic carbocycles. The Kier molecular flexibility index (Phi) is 5.96. The first-order valence-corrected chi connectivity index (χ1v) is 10.8. The second-order valence-corrected chi connectivity index (χ2v) is 10.5. The van der Waals surface area contributed by atoms with Gasteiger partial charge in [-0.3, -0.25) is 4.68 Å². The maximum atomic E-state index is 12.5. The van der Waals surface area contributed by atoms with Gasteiger partial charge in [0.1, 0.15) is 5.60 Å². The maximum Gasteiger partial charge on any atom is 0.410 e. The van der Waals surface area contributed by atoms with Crippen LogP contribution in [-0.4, -0.2) is 46.9 Å². The van der Waals surface area contributed by atoms with Gasteiger partial charge in [-0.2, -0.15) is 5.10 Å². The predicted octanol–water partition coefficient (Wildman–Crippen LogP) is 2.65. The van der Waals surface area contributed by atoms with Crippen LogP contribution < -0.4 is 5.14 Å². The van der Waals surface area contributed by atoms with E-state index in [1.54, 1.807) is 17.8 Å². The lowest BCUT2D eigenvalue weighted by Crippen LogP contribution is -2.45. The van der Waals surface area contributed by atoms with E-state index in [0.29, 0.717) is 24.6 Å². The zero-order chi connectivity index (χ0) is 20.6. The average molecular weight is 401 g/mol. The van der Waals surface area contributed by atoms with Gasteiger partial charge < -0.3 is 9.64 Å². The summed E-state index contributed by atoms with van der Waals surface area (Å²) in [5.74, 6) is 0.377. The van der Waals surface area contributed by atoms with Crippen LogP contribution in [0, 0.1) is 12.8 Å². The third-order valence-electron chi connectivity index (χ3n) is 4.74. The fourth-order valence-corrected chi connectivity index (χ4v) is 4.38. The standard InChI is InChI=1S/C18H32N4O4S/c1-13-11-21(20-15(13)27(19,24)25)9-7-8-14-10-18(5,6)22(12-14)16(23)26-17(2,3)4/h11,14H,7-10,12H2,1-6H3,(H2,19,24,25). The maximum absolute atomic E-state index is 12.5. The molecule has 1 aromatic heterocycles. The van der Waals surface area contributed by atoms with E-state index in [2.05, 4.69) is 18.9 Å². The molecule has 1 atom stereocenters. The third-order valence-corrected chi connectivity index (χ3v) is 5.68. The number of hydrogen-bond donors (Lipinski definition) is 1. The average Bonchev–Trinajstić information content (AvgIpc) is 2.96. The van der Waals surface area contributed by atoms with E-state index in [0.717, 1.165) is 19.3 Å². The Balaban J connectivity index is 1.91. The Morgan fingerprint density at radius 2 is 2.04 bits per heavy atom. The number of ether oxygens (including phenoxy) is 1. The third kappa shape index (κ3) is 5.68. The zero-order valence-corrected chi connectivity index (χ0v) is 18.0. The van der Waals surface area contributed by atoms with Crippen molar-refractivity contribution in [3.05, 3.63) is 11.8 Å². The van der Waals surface area contributed by atoms with Crippen molar-refractivity contribution < 1.29 is 17.9 Å². The molecule has 9 heteroatoms. The van der Waals surface area contributed by atoms with Crippen molar-refractivity contribution in [2.24, 2.45) is 11.1 Å². The predicted molar refractivity (Wildman–Crippen MR) is 103 cm³/mol. The Bertz CT molecular complexity index is 793. The first kappa shape index (κ1) is 21.7. The number of likely N-dealkylation sites (tertiary alicyclic amines) is 1. The Morgan fingerprint density at radius 1 is 1.41 bits per heavy atom. The van der Waals surface area contributed by atoms with E-state index in [1.807, 2.05) is 25.7 Å². The fraction of sp³-hybridized carbons (Fsp3) is 0.778. The van der Waals surface area contributed by atoms with E-state index >= 15 is 0 Å². The normalized spacial score (nSPS) is 20.1. The van der Waals surface area contributed by atoms with Crippen LogP contribution in [-0.2, 0) is 21.3 Å². The second-order valence-electron chi connectivity index (χ2n) is 9.04. The number of carbonyl (C=O) groups is 1. The SMILES string of the molecule is Cc1cn(CCCC2CN(C(=O)OC(C)(C)C)C(C)(C)C2)nc1S(N)(=O)=O. The molecule has 1 amide bonds. The highest BCUT2D eigenvalue weighted by molar-refractivity contribution is 7.89. The molecular formula is C18H32N4O4S. The highest BCUT2D eigenvalue weighted by Crippen LogP contribution is 2.36. The number of sulfonamides is 1. The van der Waals surface area contributed by atoms with Crippen molar-refractivity contribution in [1.29, 1.82) is 0 Å². The van der Waals surface area contributed by atoms with Crippen LogP contribution in [0.15, 0.2) is 11.2 Å². The summed E-state index contributed by atoms with van der Waals surface area (Å²) in [4.78, 5) is 14.3. The quantitative estimate of drug-likeness (QED) is 0.817. The van der Waals surface area contributed by atoms with Crippen LogP contribution in [0.2, 0.25) is 0 Å². The molecule has 27 heavy (non-hydrogen) atoms. The number of nitrogens with two attached hydrogens (primary N) is 1. The van der Waals surface area contributed by atoms with Gasteiger partial charge in [-0.05, 0) is 66.7 Å². The van der Waals surface area contributed by atoms with Crippen LogP contribution in [0.25, 0.3) is 0 Å². The highest BCUT2D eigenvalue weighted by Gasteiger charge is 2.42. The van der Waals surface area contributed by atoms with E-state index in [-0.39, 0.29) is 16.7 Å². The smallest absolute Gasteiger partial charge is 0.410 e. The molecule has 0 saturated carbocycles. The summed E-state index contributed by atoms with van der Waals surface area (Å²) in [5, 5.41) is 9.17. The van der Waals surface area contributed by atoms with Gasteiger partial charge in [-0.1, -0.05) is 0 Å². The minimum Gasteiger partial charge on any atom is -0.444 e. The van der Waals surface area contributed by atoms with Gasteiger partial charge in [0.05, 0.1) is 0 Å². The molecule has 154 valence electrons. The van der Waals surface area contributed by atoms with Crippen molar-refractivity contribution in [2.45, 2.75) is 83.5 Å². The molecule has 1 aliphatic heterocycles. The number of carbonyl (C=O) groups excluding carboxylic acids is 1. The van der Waals surface area contributed by atoms with Crippen LogP contribution in [0.5, 0.6) is 0 Å². The number of primary sulfonamides is 1. The van der Waals surface area contributed by atoms with E-state index in [4.69, 9.17) is 9.88 Å². The van der Waals surface area contributed by atoms with Crippen molar-refractivity contribution >= 4 is 16.1 Å². The van der Waals surface area contributed by atoms with Gasteiger partial charge in [-0.15, -0.1) is 0 Å². The van der Waals surface area contributed by atoms with Crippen LogP contribution in [0.3, 0.4) is 0 Å². The van der Waals surface area contributed by atoms with Crippen molar-refractivity contribution in [2.75, 3.05) is 6.54 Å². The molecule has 2 rings (SSSR count). The van der Waals surface area contributed by atoms with E-state index in [1.165, 1.54) is 0 Å². The van der Waals surface area contributed by atoms with Gasteiger partial charge in [-0.25, -0.2) is 18.4 Å². The van der Waals surface area contributed by atoms with E-state index < -0.39 is 15.6 Å². The van der Waals surface area contributed by atoms with Crippen LogP contribution in [0.1, 0.15) is 59.4 Å². The molecule has 0 aliphatic carbocycles. The first-order valence-electron chi connectivity index (χ1n) is 9.26. The summed E-state index contributed by atoms with van der Waals surface area (Å²) >= 11 is 0. The number of hydrogen-bond acceptors (Lipinski definition) is 5. The molecule has 1 fully saturated rings. The van der Waals surface area contributed by atoms with Gasteiger partial charge in [0.25, 0.3) is 10.0 Å². The summed E-state index contributed by atoms with van der Waals surface area (Å²) in [6.07, 6.45) is 4.11. The number of nitrogens with zero attached hydrogens (tertiary/aromatic N) is 3. The molecular weight excluding hydrogens is 368 g/mol. The number of aromatic nitrogens is 2. The molecule has 0 bridgehead atoms. The molecule has 2 N–H and O–H groups in total. The lowest BCUT2D eigenvalue weighted by Gasteiger charge is -2.33. The number of aryl methyl sites for hydroxylation is 2. The lowest BCUT2D eigenvalue weighted by atomic mass is 9.93. The lowest BCUT2D eigenvalue weighted by molar-refractivity contribution is 0.0131. The van der Waals surface area contributed by atoms with E-state index in [9.17, 15) is 13.2 Å². The van der Waals surface area contributed by atoms with Crippen molar-refractivity contribution in [3.8, 4) is 0 Å². The monoisotopic (exact) mass is 400 g/mol. The van der Waals surface area contributed by atoms with Gasteiger partial charge in [0.15, 0.2) is 5.03 Å². The van der Waals surface area contributed by atoms with Gasteiger partial charge >= 0.3 is 6.09 Å². The first-order chi connectivity index (χ1) is 12.2. The highest BCUT2D eigenvalue weighted by atomic mass is 32.2. The van der Waals surface area contributed by atoms with Crippen LogP contribution >= 0.6 is 0 Å². The minimum absolute atomic E-state index is 0.0689. The molecule has 0 spiro atoms. The summed E-state index contributed by atoms with van der Waals surface area (Å²) < 4.78 is 30.1. The molecule has 1 aromatic rings. The summed E-state index contributed by atoms with van der Waals surface area (Å²) in [5.41, 5.74) is -0.198. The Hall–Kier alpha value is -1.61. The largest absolute Gasteiger partial charge is 0.444 e. The topological polar surface area (TPSA) is 108 Å². The summed E-state index contributed by atoms with van der Waals surface area (Å²) in [6, 6.07) is 0. The Morgan fingerprint density at radius 3 is 2.56 bits per heavy atom. The summed E-state index contributed by atoms with van der Waals surface area (Å²) in [6.45, 7) is 12.7. The van der Waals surface area contributed by atoms with Gasteiger partial charge in [0, 0.05) is 30.4 Å². The molecule has 0 radical (unpaired) electrons.